The second-order valence-electron chi connectivity index (χ2n) is 12.2. The van der Waals surface area contributed by atoms with Gasteiger partial charge in [0.2, 0.25) is 0 Å². The van der Waals surface area contributed by atoms with Gasteiger partial charge < -0.3 is 4.57 Å². The van der Waals surface area contributed by atoms with Gasteiger partial charge in [0.25, 0.3) is 0 Å². The van der Waals surface area contributed by atoms with E-state index in [1.165, 1.54) is 93.5 Å². The minimum absolute atomic E-state index is 1.19. The molecule has 208 valence electrons. The van der Waals surface area contributed by atoms with Crippen LogP contribution in [0.1, 0.15) is 0 Å². The van der Waals surface area contributed by atoms with E-state index < -0.39 is 0 Å². The van der Waals surface area contributed by atoms with Crippen LogP contribution in [0.5, 0.6) is 0 Å². The highest BCUT2D eigenvalue weighted by Crippen LogP contribution is 2.51. The smallest absolute Gasteiger partial charge is 0.0541 e. The van der Waals surface area contributed by atoms with Crippen LogP contribution in [0.15, 0.2) is 164 Å². The predicted molar refractivity (Wildman–Crippen MR) is 191 cm³/mol. The highest BCUT2D eigenvalue weighted by atomic mass is 15.0. The Labute approximate surface area is 261 Å². The molecule has 0 bridgehead atoms. The van der Waals surface area contributed by atoms with Crippen LogP contribution < -0.4 is 0 Å². The average molecular weight is 570 g/mol. The molecule has 1 heterocycles. The molecule has 0 atom stereocenters. The standard InChI is InChI=1S/C44H27N/c1-3-11-28(12-4-1)37-23-32-26-41-39-22-30-19-20-34(45-43-17-9-7-15-35(43)36-16-8-10-18-44(36)45)21-31(30)25-40(39)42(41)27-33(32)24-38(37)29-13-5-2-6-14-29/h1-27H. The van der Waals surface area contributed by atoms with E-state index in [-0.39, 0.29) is 0 Å². The third-order valence-corrected chi connectivity index (χ3v) is 9.66. The number of benzene rings is 8. The first-order valence-corrected chi connectivity index (χ1v) is 15.6. The summed E-state index contributed by atoms with van der Waals surface area (Å²) in [7, 11) is 0. The van der Waals surface area contributed by atoms with Gasteiger partial charge in [-0.25, -0.2) is 0 Å². The Kier molecular flexibility index (Phi) is 5.06. The molecule has 1 aromatic heterocycles. The van der Waals surface area contributed by atoms with Gasteiger partial charge in [0, 0.05) is 16.5 Å². The van der Waals surface area contributed by atoms with Crippen LogP contribution in [0, 0.1) is 0 Å². The Hall–Kier alpha value is -5.92. The molecule has 0 amide bonds. The molecule has 0 radical (unpaired) electrons. The summed E-state index contributed by atoms with van der Waals surface area (Å²) in [6, 6.07) is 60.2. The molecule has 0 saturated heterocycles. The molecule has 0 unspecified atom stereocenters. The van der Waals surface area contributed by atoms with Crippen molar-refractivity contribution in [3.8, 4) is 50.2 Å². The van der Waals surface area contributed by atoms with Gasteiger partial charge in [-0.3, -0.25) is 0 Å². The minimum atomic E-state index is 1.19. The molecule has 0 spiro atoms. The molecule has 1 aliphatic rings. The number of para-hydroxylation sites is 2. The maximum absolute atomic E-state index is 2.40. The Morgan fingerprint density at radius 2 is 0.689 bits per heavy atom. The normalized spacial score (nSPS) is 12.0. The minimum Gasteiger partial charge on any atom is -0.309 e. The highest BCUT2D eigenvalue weighted by molar-refractivity contribution is 6.14. The van der Waals surface area contributed by atoms with E-state index in [4.69, 9.17) is 0 Å². The third kappa shape index (κ3) is 3.62. The fraction of sp³-hybridized carbons (Fsp3) is 0. The van der Waals surface area contributed by atoms with Gasteiger partial charge in [-0.05, 0) is 127 Å². The van der Waals surface area contributed by atoms with Gasteiger partial charge in [-0.15, -0.1) is 0 Å². The van der Waals surface area contributed by atoms with Gasteiger partial charge >= 0.3 is 0 Å². The van der Waals surface area contributed by atoms with Crippen molar-refractivity contribution in [1.82, 2.24) is 4.57 Å². The summed E-state index contributed by atoms with van der Waals surface area (Å²) < 4.78 is 2.40. The van der Waals surface area contributed by atoms with Crippen molar-refractivity contribution in [3.05, 3.63) is 164 Å². The number of aromatic nitrogens is 1. The molecular weight excluding hydrogens is 542 g/mol. The molecular formula is C44H27N. The zero-order valence-corrected chi connectivity index (χ0v) is 24.5. The number of fused-ring (bicyclic) bond motifs is 9. The zero-order valence-electron chi connectivity index (χ0n) is 24.5. The Morgan fingerprint density at radius 1 is 0.289 bits per heavy atom. The number of hydrogen-bond acceptors (Lipinski definition) is 0. The quantitative estimate of drug-likeness (QED) is 0.199. The van der Waals surface area contributed by atoms with E-state index in [0.29, 0.717) is 0 Å². The molecule has 9 aromatic rings. The van der Waals surface area contributed by atoms with Gasteiger partial charge in [-0.2, -0.15) is 0 Å². The predicted octanol–water partition coefficient (Wildman–Crippen LogP) is 12.1. The maximum atomic E-state index is 2.40. The zero-order chi connectivity index (χ0) is 29.5. The summed E-state index contributed by atoms with van der Waals surface area (Å²) in [4.78, 5) is 0. The van der Waals surface area contributed by atoms with Crippen molar-refractivity contribution < 1.29 is 0 Å². The monoisotopic (exact) mass is 569 g/mol. The molecule has 1 nitrogen and oxygen atoms in total. The molecule has 0 fully saturated rings. The first-order valence-electron chi connectivity index (χ1n) is 15.6. The Bertz CT molecular complexity index is 2570. The average Bonchev–Trinajstić information content (AvgIpc) is 3.44. The molecule has 8 aromatic carbocycles. The largest absolute Gasteiger partial charge is 0.309 e. The van der Waals surface area contributed by atoms with Crippen LogP contribution in [-0.2, 0) is 0 Å². The summed E-state index contributed by atoms with van der Waals surface area (Å²) in [5, 5.41) is 7.67. The molecule has 45 heavy (non-hydrogen) atoms. The number of nitrogens with zero attached hydrogens (tertiary/aromatic N) is 1. The van der Waals surface area contributed by atoms with Crippen LogP contribution in [-0.4, -0.2) is 4.57 Å². The van der Waals surface area contributed by atoms with Crippen LogP contribution in [0.2, 0.25) is 0 Å². The van der Waals surface area contributed by atoms with Crippen molar-refractivity contribution in [3.63, 3.8) is 0 Å². The Balaban J connectivity index is 1.14. The number of hydrogen-bond donors (Lipinski definition) is 0. The summed E-state index contributed by atoms with van der Waals surface area (Å²) in [6.07, 6.45) is 0. The topological polar surface area (TPSA) is 4.93 Å². The summed E-state index contributed by atoms with van der Waals surface area (Å²) in [6.45, 7) is 0. The van der Waals surface area contributed by atoms with Crippen LogP contribution in [0.25, 0.3) is 93.5 Å². The lowest BCUT2D eigenvalue weighted by Crippen LogP contribution is -2.00. The molecule has 10 rings (SSSR count). The number of rotatable bonds is 3. The lowest BCUT2D eigenvalue weighted by atomic mass is 9.77. The highest BCUT2D eigenvalue weighted by Gasteiger charge is 2.24. The van der Waals surface area contributed by atoms with E-state index >= 15 is 0 Å². The van der Waals surface area contributed by atoms with E-state index in [1.54, 1.807) is 0 Å². The molecule has 1 heteroatoms. The van der Waals surface area contributed by atoms with Gasteiger partial charge in [-0.1, -0.05) is 103 Å². The molecule has 0 N–H and O–H groups in total. The second kappa shape index (κ2) is 9.29. The second-order valence-corrected chi connectivity index (χ2v) is 12.2. The van der Waals surface area contributed by atoms with Crippen LogP contribution in [0.3, 0.4) is 0 Å². The fourth-order valence-corrected chi connectivity index (χ4v) is 7.52. The van der Waals surface area contributed by atoms with Gasteiger partial charge in [0.1, 0.15) is 0 Å². The van der Waals surface area contributed by atoms with Crippen molar-refractivity contribution >= 4 is 43.4 Å². The first kappa shape index (κ1) is 24.5. The van der Waals surface area contributed by atoms with Gasteiger partial charge in [0.05, 0.1) is 11.0 Å². The van der Waals surface area contributed by atoms with Crippen molar-refractivity contribution in [1.29, 1.82) is 0 Å². The lowest BCUT2D eigenvalue weighted by molar-refractivity contribution is 1.19. The molecule has 0 saturated carbocycles. The van der Waals surface area contributed by atoms with E-state index in [9.17, 15) is 0 Å². The first-order chi connectivity index (χ1) is 22.3. The van der Waals surface area contributed by atoms with Crippen molar-refractivity contribution in [2.45, 2.75) is 0 Å². The van der Waals surface area contributed by atoms with Crippen molar-refractivity contribution in [2.75, 3.05) is 0 Å². The van der Waals surface area contributed by atoms with E-state index in [2.05, 4.69) is 168 Å². The molecule has 0 aliphatic heterocycles. The summed E-state index contributed by atoms with van der Waals surface area (Å²) in [5.74, 6) is 0. The van der Waals surface area contributed by atoms with Gasteiger partial charge in [0.15, 0.2) is 0 Å². The lowest BCUT2D eigenvalue weighted by Gasteiger charge is -2.26. The Morgan fingerprint density at radius 3 is 1.20 bits per heavy atom. The fourth-order valence-electron chi connectivity index (χ4n) is 7.52. The van der Waals surface area contributed by atoms with E-state index in [1.807, 2.05) is 0 Å². The van der Waals surface area contributed by atoms with Crippen LogP contribution in [0.4, 0.5) is 0 Å². The summed E-state index contributed by atoms with van der Waals surface area (Å²) in [5.41, 5.74) is 14.1. The molecule has 1 aliphatic carbocycles. The third-order valence-electron chi connectivity index (χ3n) is 9.66. The van der Waals surface area contributed by atoms with E-state index in [0.717, 1.165) is 0 Å². The van der Waals surface area contributed by atoms with Crippen LogP contribution >= 0.6 is 0 Å². The van der Waals surface area contributed by atoms with Crippen molar-refractivity contribution in [2.24, 2.45) is 0 Å². The SMILES string of the molecule is c1ccc(-c2cc3cc4c(cc3cc2-c2ccccc2)-c2cc3cc(-n5c6ccccc6c6ccccc65)ccc3cc2-4)cc1. The summed E-state index contributed by atoms with van der Waals surface area (Å²) >= 11 is 0. The maximum Gasteiger partial charge on any atom is 0.0541 e.